The van der Waals surface area contributed by atoms with E-state index in [1.807, 2.05) is 20.8 Å². The van der Waals surface area contributed by atoms with Crippen LogP contribution in [0, 0.1) is 12.3 Å². The number of nitrogens with two attached hydrogens (primary N) is 1. The molecule has 0 spiro atoms. The van der Waals surface area contributed by atoms with Crippen molar-refractivity contribution in [3.63, 3.8) is 0 Å². The Kier molecular flexibility index (Phi) is 4.91. The van der Waals surface area contributed by atoms with Crippen LogP contribution in [-0.4, -0.2) is 17.3 Å². The molecule has 0 heterocycles. The zero-order valence-electron chi connectivity index (χ0n) is 12.0. The summed E-state index contributed by atoms with van der Waals surface area (Å²) < 4.78 is 0. The molecule has 0 aromatic heterocycles. The summed E-state index contributed by atoms with van der Waals surface area (Å²) in [6, 6.07) is 8.45. The molecule has 4 N–H and O–H groups in total. The maximum absolute atomic E-state index is 10.7. The van der Waals surface area contributed by atoms with Crippen molar-refractivity contribution in [1.29, 1.82) is 0 Å². The van der Waals surface area contributed by atoms with Crippen molar-refractivity contribution in [2.45, 2.75) is 46.1 Å². The molecule has 1 atom stereocenters. The zero-order valence-corrected chi connectivity index (χ0v) is 12.0. The molecule has 1 aromatic rings. The summed E-state index contributed by atoms with van der Waals surface area (Å²) >= 11 is 0. The molecule has 1 unspecified atom stereocenters. The molecule has 0 radical (unpaired) electrons. The van der Waals surface area contributed by atoms with Gasteiger partial charge in [-0.1, -0.05) is 50.6 Å². The Morgan fingerprint density at radius 3 is 2.17 bits per heavy atom. The molecule has 0 amide bonds. The summed E-state index contributed by atoms with van der Waals surface area (Å²) in [4.78, 5) is 0. The Morgan fingerprint density at radius 2 is 1.72 bits per heavy atom. The van der Waals surface area contributed by atoms with Crippen molar-refractivity contribution in [2.24, 2.45) is 11.3 Å². The molecule has 0 aliphatic rings. The van der Waals surface area contributed by atoms with E-state index in [-0.39, 0.29) is 5.41 Å². The molecule has 18 heavy (non-hydrogen) atoms. The molecule has 0 bridgehead atoms. The monoisotopic (exact) mass is 250 g/mol. The second-order valence-electron chi connectivity index (χ2n) is 6.15. The first kappa shape index (κ1) is 15.2. The van der Waals surface area contributed by atoms with Crippen molar-refractivity contribution < 1.29 is 5.11 Å². The summed E-state index contributed by atoms with van der Waals surface area (Å²) in [5, 5.41) is 10.7. The van der Waals surface area contributed by atoms with Gasteiger partial charge in [-0.05, 0) is 30.7 Å². The van der Waals surface area contributed by atoms with Crippen LogP contribution in [0.4, 0.5) is 0 Å². The normalized spacial score (nSPS) is 15.4. The standard InChI is InChI=1S/C15H26N2O/c1-12-5-7-13(8-6-12)9-10-15(18,11-17-16)14(2,3)4/h5-8,17-18H,9-11,16H2,1-4H3. The maximum atomic E-state index is 10.7. The lowest BCUT2D eigenvalue weighted by Gasteiger charge is -2.40. The summed E-state index contributed by atoms with van der Waals surface area (Å²) in [5.74, 6) is 5.39. The van der Waals surface area contributed by atoms with Gasteiger partial charge in [-0.15, -0.1) is 0 Å². The van der Waals surface area contributed by atoms with Crippen LogP contribution < -0.4 is 11.3 Å². The Hall–Kier alpha value is -0.900. The third-order valence-corrected chi connectivity index (χ3v) is 3.74. The average molecular weight is 250 g/mol. The molecule has 0 saturated heterocycles. The van der Waals surface area contributed by atoms with E-state index >= 15 is 0 Å². The summed E-state index contributed by atoms with van der Waals surface area (Å²) in [7, 11) is 0. The van der Waals surface area contributed by atoms with Crippen molar-refractivity contribution >= 4 is 0 Å². The van der Waals surface area contributed by atoms with Gasteiger partial charge in [-0.2, -0.15) is 0 Å². The first-order valence-electron chi connectivity index (χ1n) is 6.50. The lowest BCUT2D eigenvalue weighted by Crippen LogP contribution is -2.52. The second-order valence-corrected chi connectivity index (χ2v) is 6.15. The zero-order chi connectivity index (χ0) is 13.8. The Balaban J connectivity index is 2.71. The second kappa shape index (κ2) is 5.83. The van der Waals surface area contributed by atoms with Gasteiger partial charge in [0, 0.05) is 6.54 Å². The van der Waals surface area contributed by atoms with E-state index in [2.05, 4.69) is 36.6 Å². The summed E-state index contributed by atoms with van der Waals surface area (Å²) in [6.07, 6.45) is 1.56. The number of aliphatic hydroxyl groups is 1. The first-order chi connectivity index (χ1) is 8.28. The molecule has 0 aliphatic heterocycles. The van der Waals surface area contributed by atoms with Crippen LogP contribution in [0.5, 0.6) is 0 Å². The minimum atomic E-state index is -0.799. The van der Waals surface area contributed by atoms with E-state index < -0.39 is 5.60 Å². The number of hydrogen-bond donors (Lipinski definition) is 3. The van der Waals surface area contributed by atoms with E-state index in [0.717, 1.165) is 6.42 Å². The molecule has 0 saturated carbocycles. The van der Waals surface area contributed by atoms with Crippen molar-refractivity contribution in [3.8, 4) is 0 Å². The van der Waals surface area contributed by atoms with Crippen LogP contribution in [-0.2, 0) is 6.42 Å². The van der Waals surface area contributed by atoms with E-state index in [0.29, 0.717) is 13.0 Å². The fourth-order valence-electron chi connectivity index (χ4n) is 2.00. The van der Waals surface area contributed by atoms with Gasteiger partial charge in [0.1, 0.15) is 0 Å². The third kappa shape index (κ3) is 3.80. The first-order valence-corrected chi connectivity index (χ1v) is 6.50. The average Bonchev–Trinajstić information content (AvgIpc) is 2.27. The predicted octanol–water partition coefficient (Wildman–Crippen LogP) is 2.17. The highest BCUT2D eigenvalue weighted by molar-refractivity contribution is 5.21. The number of hydrogen-bond acceptors (Lipinski definition) is 3. The topological polar surface area (TPSA) is 58.3 Å². The van der Waals surface area contributed by atoms with Crippen LogP contribution in [0.2, 0.25) is 0 Å². The minimum absolute atomic E-state index is 0.204. The number of benzene rings is 1. The smallest absolute Gasteiger partial charge is 0.0836 e. The molecule has 0 aliphatic carbocycles. The highest BCUT2D eigenvalue weighted by Crippen LogP contribution is 2.33. The van der Waals surface area contributed by atoms with E-state index in [9.17, 15) is 5.11 Å². The number of nitrogens with one attached hydrogen (secondary N) is 1. The fourth-order valence-corrected chi connectivity index (χ4v) is 2.00. The molecule has 1 aromatic carbocycles. The highest BCUT2D eigenvalue weighted by atomic mass is 16.3. The van der Waals surface area contributed by atoms with Crippen LogP contribution >= 0.6 is 0 Å². The van der Waals surface area contributed by atoms with Crippen LogP contribution in [0.3, 0.4) is 0 Å². The molecular weight excluding hydrogens is 224 g/mol. The van der Waals surface area contributed by atoms with Gasteiger partial charge >= 0.3 is 0 Å². The number of rotatable bonds is 5. The SMILES string of the molecule is Cc1ccc(CCC(O)(CNN)C(C)(C)C)cc1. The van der Waals surface area contributed by atoms with E-state index in [1.54, 1.807) is 0 Å². The molecule has 0 fully saturated rings. The van der Waals surface area contributed by atoms with E-state index in [4.69, 9.17) is 5.84 Å². The largest absolute Gasteiger partial charge is 0.388 e. The summed E-state index contributed by atoms with van der Waals surface area (Å²) in [5.41, 5.74) is 4.12. The van der Waals surface area contributed by atoms with Gasteiger partial charge in [0.25, 0.3) is 0 Å². The quantitative estimate of drug-likeness (QED) is 0.554. The Bertz CT molecular complexity index is 367. The predicted molar refractivity (Wildman–Crippen MR) is 76.1 cm³/mol. The third-order valence-electron chi connectivity index (χ3n) is 3.74. The van der Waals surface area contributed by atoms with Gasteiger partial charge < -0.3 is 5.11 Å². The van der Waals surface area contributed by atoms with Gasteiger partial charge in [-0.3, -0.25) is 11.3 Å². The Morgan fingerprint density at radius 1 is 1.17 bits per heavy atom. The van der Waals surface area contributed by atoms with Crippen LogP contribution in [0.1, 0.15) is 38.3 Å². The molecule has 3 nitrogen and oxygen atoms in total. The number of hydrazine groups is 1. The van der Waals surface area contributed by atoms with Crippen molar-refractivity contribution in [3.05, 3.63) is 35.4 Å². The van der Waals surface area contributed by atoms with Gasteiger partial charge in [0.05, 0.1) is 5.60 Å². The number of aryl methyl sites for hydroxylation is 2. The Labute approximate surface area is 110 Å². The molecule has 102 valence electrons. The van der Waals surface area contributed by atoms with Crippen LogP contribution in [0.25, 0.3) is 0 Å². The van der Waals surface area contributed by atoms with Crippen molar-refractivity contribution in [2.75, 3.05) is 6.54 Å². The fraction of sp³-hybridized carbons (Fsp3) is 0.600. The van der Waals surface area contributed by atoms with Crippen molar-refractivity contribution in [1.82, 2.24) is 5.43 Å². The maximum Gasteiger partial charge on any atom is 0.0836 e. The molecule has 1 rings (SSSR count). The lowest BCUT2D eigenvalue weighted by molar-refractivity contribution is -0.0622. The molecule has 3 heteroatoms. The van der Waals surface area contributed by atoms with Gasteiger partial charge in [-0.25, -0.2) is 0 Å². The summed E-state index contributed by atoms with van der Waals surface area (Å²) in [6.45, 7) is 8.61. The van der Waals surface area contributed by atoms with Crippen LogP contribution in [0.15, 0.2) is 24.3 Å². The molecular formula is C15H26N2O. The highest BCUT2D eigenvalue weighted by Gasteiger charge is 2.38. The lowest BCUT2D eigenvalue weighted by atomic mass is 9.73. The van der Waals surface area contributed by atoms with E-state index in [1.165, 1.54) is 11.1 Å². The minimum Gasteiger partial charge on any atom is -0.388 e. The van der Waals surface area contributed by atoms with Gasteiger partial charge in [0.2, 0.25) is 0 Å². The van der Waals surface area contributed by atoms with Gasteiger partial charge in [0.15, 0.2) is 0 Å².